The number of hydrogen-bond donors (Lipinski definition) is 1. The molecule has 94 valence electrons. The number of amides is 1. The Morgan fingerprint density at radius 1 is 1.59 bits per heavy atom. The Kier molecular flexibility index (Phi) is 4.31. The first-order valence-electron chi connectivity index (χ1n) is 5.50. The van der Waals surface area contributed by atoms with E-state index in [9.17, 15) is 4.79 Å². The summed E-state index contributed by atoms with van der Waals surface area (Å²) in [5, 5.41) is 6.81. The van der Waals surface area contributed by atoms with Gasteiger partial charge in [0.25, 0.3) is 0 Å². The first-order valence-corrected chi connectivity index (χ1v) is 5.50. The van der Waals surface area contributed by atoms with Gasteiger partial charge in [0, 0.05) is 19.8 Å². The zero-order valence-corrected chi connectivity index (χ0v) is 10.7. The molecule has 0 spiro atoms. The number of carbonyl (C=O) groups is 1. The Morgan fingerprint density at radius 2 is 2.29 bits per heavy atom. The van der Waals surface area contributed by atoms with Crippen molar-refractivity contribution in [3.8, 4) is 0 Å². The second-order valence-corrected chi connectivity index (χ2v) is 4.70. The maximum absolute atomic E-state index is 11.3. The van der Waals surface area contributed by atoms with Crippen LogP contribution in [0.25, 0.3) is 6.08 Å². The van der Waals surface area contributed by atoms with Crippen LogP contribution in [0.5, 0.6) is 0 Å². The molecule has 0 fully saturated rings. The fourth-order valence-electron chi connectivity index (χ4n) is 1.16. The second kappa shape index (κ2) is 5.52. The van der Waals surface area contributed by atoms with Crippen LogP contribution in [0.15, 0.2) is 18.3 Å². The Hall–Kier alpha value is -1.78. The van der Waals surface area contributed by atoms with Crippen LogP contribution in [-0.2, 0) is 11.8 Å². The molecule has 0 saturated carbocycles. The summed E-state index contributed by atoms with van der Waals surface area (Å²) in [6, 6.07) is 1.89. The number of aryl methyl sites for hydroxylation is 1. The maximum Gasteiger partial charge on any atom is 0.407 e. The highest BCUT2D eigenvalue weighted by molar-refractivity contribution is 5.68. The summed E-state index contributed by atoms with van der Waals surface area (Å²) < 4.78 is 6.81. The van der Waals surface area contributed by atoms with Gasteiger partial charge < -0.3 is 10.1 Å². The van der Waals surface area contributed by atoms with Crippen molar-refractivity contribution < 1.29 is 9.53 Å². The lowest BCUT2D eigenvalue weighted by Crippen LogP contribution is -2.32. The lowest BCUT2D eigenvalue weighted by molar-refractivity contribution is 0.0534. The molecule has 5 nitrogen and oxygen atoms in total. The van der Waals surface area contributed by atoms with Gasteiger partial charge in [-0.25, -0.2) is 4.79 Å². The first-order chi connectivity index (χ1) is 7.87. The smallest absolute Gasteiger partial charge is 0.407 e. The van der Waals surface area contributed by atoms with Crippen LogP contribution in [0.1, 0.15) is 26.5 Å². The van der Waals surface area contributed by atoms with Gasteiger partial charge in [-0.1, -0.05) is 6.08 Å². The van der Waals surface area contributed by atoms with Gasteiger partial charge in [0.05, 0.1) is 5.69 Å². The predicted octanol–water partition coefficient (Wildman–Crippen LogP) is 1.96. The summed E-state index contributed by atoms with van der Waals surface area (Å²) in [7, 11) is 1.86. The van der Waals surface area contributed by atoms with Gasteiger partial charge in [0.2, 0.25) is 0 Å². The minimum absolute atomic E-state index is 0.414. The van der Waals surface area contributed by atoms with E-state index in [2.05, 4.69) is 10.4 Å². The molecule has 1 aromatic rings. The Balaban J connectivity index is 2.28. The highest BCUT2D eigenvalue weighted by Gasteiger charge is 2.14. The molecule has 1 aromatic heterocycles. The molecule has 1 heterocycles. The number of carbonyl (C=O) groups excluding carboxylic acids is 1. The number of alkyl carbamates (subject to hydrolysis) is 1. The Bertz CT molecular complexity index is 402. The van der Waals surface area contributed by atoms with E-state index in [1.54, 1.807) is 4.68 Å². The third kappa shape index (κ3) is 5.75. The largest absolute Gasteiger partial charge is 0.444 e. The van der Waals surface area contributed by atoms with E-state index in [4.69, 9.17) is 4.74 Å². The molecule has 0 aliphatic heterocycles. The van der Waals surface area contributed by atoms with Crippen LogP contribution < -0.4 is 5.32 Å². The SMILES string of the molecule is Cn1ccc(C=CCNC(=O)OC(C)(C)C)n1. The van der Waals surface area contributed by atoms with Crippen LogP contribution in [0.2, 0.25) is 0 Å². The van der Waals surface area contributed by atoms with Crippen molar-refractivity contribution in [1.29, 1.82) is 0 Å². The molecule has 5 heteroatoms. The normalized spacial score (nSPS) is 11.8. The molecular formula is C12H19N3O2. The van der Waals surface area contributed by atoms with E-state index >= 15 is 0 Å². The van der Waals surface area contributed by atoms with Crippen molar-refractivity contribution in [3.05, 3.63) is 24.0 Å². The van der Waals surface area contributed by atoms with Crippen molar-refractivity contribution >= 4 is 12.2 Å². The van der Waals surface area contributed by atoms with Gasteiger partial charge >= 0.3 is 6.09 Å². The first kappa shape index (κ1) is 13.3. The minimum atomic E-state index is -0.464. The maximum atomic E-state index is 11.3. The lowest BCUT2D eigenvalue weighted by Gasteiger charge is -2.19. The van der Waals surface area contributed by atoms with Crippen LogP contribution in [-0.4, -0.2) is 28.0 Å². The zero-order valence-electron chi connectivity index (χ0n) is 10.7. The molecule has 0 radical (unpaired) electrons. The van der Waals surface area contributed by atoms with Crippen LogP contribution in [0.4, 0.5) is 4.79 Å². The van der Waals surface area contributed by atoms with Crippen molar-refractivity contribution in [2.45, 2.75) is 26.4 Å². The van der Waals surface area contributed by atoms with Crippen molar-refractivity contribution in [3.63, 3.8) is 0 Å². The van der Waals surface area contributed by atoms with Gasteiger partial charge in [-0.2, -0.15) is 5.10 Å². The van der Waals surface area contributed by atoms with E-state index in [0.717, 1.165) is 5.69 Å². The van der Waals surface area contributed by atoms with Gasteiger partial charge in [-0.15, -0.1) is 0 Å². The number of hydrogen-bond acceptors (Lipinski definition) is 3. The van der Waals surface area contributed by atoms with Gasteiger partial charge in [-0.05, 0) is 32.9 Å². The van der Waals surface area contributed by atoms with Crippen molar-refractivity contribution in [2.75, 3.05) is 6.54 Å². The van der Waals surface area contributed by atoms with E-state index in [1.807, 2.05) is 52.2 Å². The Labute approximate surface area is 101 Å². The van der Waals surface area contributed by atoms with Gasteiger partial charge in [0.15, 0.2) is 0 Å². The summed E-state index contributed by atoms with van der Waals surface area (Å²) in [6.45, 7) is 5.91. The molecular weight excluding hydrogens is 218 g/mol. The molecule has 0 aromatic carbocycles. The number of nitrogens with one attached hydrogen (secondary N) is 1. The molecule has 0 saturated heterocycles. The standard InChI is InChI=1S/C12H19N3O2/c1-12(2,3)17-11(16)13-8-5-6-10-7-9-15(4)14-10/h5-7,9H,8H2,1-4H3,(H,13,16). The molecule has 0 aliphatic carbocycles. The molecule has 0 bridgehead atoms. The summed E-state index contributed by atoms with van der Waals surface area (Å²) in [6.07, 6.45) is 5.12. The molecule has 1 rings (SSSR count). The monoisotopic (exact) mass is 237 g/mol. The zero-order chi connectivity index (χ0) is 12.9. The predicted molar refractivity (Wildman–Crippen MR) is 66.5 cm³/mol. The molecule has 0 aliphatic rings. The van der Waals surface area contributed by atoms with E-state index in [0.29, 0.717) is 6.54 Å². The third-order valence-electron chi connectivity index (χ3n) is 1.79. The van der Waals surface area contributed by atoms with Crippen LogP contribution in [0, 0.1) is 0 Å². The van der Waals surface area contributed by atoms with E-state index < -0.39 is 11.7 Å². The number of aromatic nitrogens is 2. The topological polar surface area (TPSA) is 56.2 Å². The lowest BCUT2D eigenvalue weighted by atomic mass is 10.2. The van der Waals surface area contributed by atoms with Crippen LogP contribution >= 0.6 is 0 Å². The molecule has 1 N–H and O–H groups in total. The highest BCUT2D eigenvalue weighted by atomic mass is 16.6. The summed E-state index contributed by atoms with van der Waals surface area (Å²) in [5.41, 5.74) is 0.396. The number of nitrogens with zero attached hydrogens (tertiary/aromatic N) is 2. The van der Waals surface area contributed by atoms with Gasteiger partial charge in [-0.3, -0.25) is 4.68 Å². The summed E-state index contributed by atoms with van der Waals surface area (Å²) in [4.78, 5) is 11.3. The highest BCUT2D eigenvalue weighted by Crippen LogP contribution is 2.06. The quantitative estimate of drug-likeness (QED) is 0.874. The Morgan fingerprint density at radius 3 is 2.82 bits per heavy atom. The summed E-state index contributed by atoms with van der Waals surface area (Å²) in [5.74, 6) is 0. The second-order valence-electron chi connectivity index (χ2n) is 4.70. The fraction of sp³-hybridized carbons (Fsp3) is 0.500. The molecule has 1 amide bonds. The number of rotatable bonds is 3. The van der Waals surface area contributed by atoms with Crippen molar-refractivity contribution in [2.24, 2.45) is 7.05 Å². The van der Waals surface area contributed by atoms with E-state index in [-0.39, 0.29) is 0 Å². The van der Waals surface area contributed by atoms with Gasteiger partial charge in [0.1, 0.15) is 5.60 Å². The minimum Gasteiger partial charge on any atom is -0.444 e. The van der Waals surface area contributed by atoms with E-state index in [1.165, 1.54) is 0 Å². The third-order valence-corrected chi connectivity index (χ3v) is 1.79. The summed E-state index contributed by atoms with van der Waals surface area (Å²) >= 11 is 0. The number of ether oxygens (including phenoxy) is 1. The van der Waals surface area contributed by atoms with Crippen molar-refractivity contribution in [1.82, 2.24) is 15.1 Å². The molecule has 0 unspecified atom stereocenters. The average Bonchev–Trinajstić information content (AvgIpc) is 2.56. The fourth-order valence-corrected chi connectivity index (χ4v) is 1.16. The average molecular weight is 237 g/mol. The van der Waals surface area contributed by atoms with Crippen LogP contribution in [0.3, 0.4) is 0 Å². The molecule has 0 atom stereocenters. The molecule has 17 heavy (non-hydrogen) atoms.